The summed E-state index contributed by atoms with van der Waals surface area (Å²) in [5.41, 5.74) is 8.22. The van der Waals surface area contributed by atoms with Crippen molar-refractivity contribution in [2.24, 2.45) is 0 Å². The van der Waals surface area contributed by atoms with Crippen LogP contribution in [0.3, 0.4) is 0 Å². The van der Waals surface area contributed by atoms with Gasteiger partial charge in [0.2, 0.25) is 0 Å². The van der Waals surface area contributed by atoms with Crippen molar-refractivity contribution >= 4 is 5.69 Å². The Morgan fingerprint density at radius 3 is 2.60 bits per heavy atom. The molecule has 0 bridgehead atoms. The predicted molar refractivity (Wildman–Crippen MR) is 55.8 cm³/mol. The van der Waals surface area contributed by atoms with Gasteiger partial charge in [0.25, 0.3) is 0 Å². The smallest absolute Gasteiger partial charge is 0.190 e. The van der Waals surface area contributed by atoms with Crippen molar-refractivity contribution in [1.29, 1.82) is 0 Å². The van der Waals surface area contributed by atoms with Gasteiger partial charge < -0.3 is 10.3 Å². The zero-order valence-corrected chi connectivity index (χ0v) is 8.54. The molecule has 0 amide bonds. The highest BCUT2D eigenvalue weighted by atomic mass is 19.1. The van der Waals surface area contributed by atoms with Crippen LogP contribution in [0.2, 0.25) is 0 Å². The Labute approximate surface area is 86.7 Å². The monoisotopic (exact) mass is 206 g/mol. The number of aromatic nitrogens is 1. The van der Waals surface area contributed by atoms with Gasteiger partial charge in [-0.3, -0.25) is 0 Å². The van der Waals surface area contributed by atoms with E-state index in [2.05, 4.69) is 5.16 Å². The summed E-state index contributed by atoms with van der Waals surface area (Å²) < 4.78 is 18.1. The van der Waals surface area contributed by atoms with Crippen molar-refractivity contribution in [2.75, 3.05) is 5.73 Å². The Balaban J connectivity index is 2.55. The highest BCUT2D eigenvalue weighted by Gasteiger charge is 2.12. The first kappa shape index (κ1) is 9.71. The van der Waals surface area contributed by atoms with Gasteiger partial charge in [0, 0.05) is 5.56 Å². The first-order valence-corrected chi connectivity index (χ1v) is 4.58. The molecule has 0 atom stereocenters. The SMILES string of the molecule is Cc1cc(-c2onc(C)c2N)ccc1F. The summed E-state index contributed by atoms with van der Waals surface area (Å²) in [5, 5.41) is 3.75. The maximum Gasteiger partial charge on any atom is 0.190 e. The standard InChI is InChI=1S/C11H11FN2O/c1-6-5-8(3-4-9(6)12)11-10(13)7(2)14-15-11/h3-5H,13H2,1-2H3. The van der Waals surface area contributed by atoms with Gasteiger partial charge in [0.1, 0.15) is 17.2 Å². The fourth-order valence-electron chi connectivity index (χ4n) is 1.37. The van der Waals surface area contributed by atoms with Gasteiger partial charge in [0.05, 0.1) is 0 Å². The predicted octanol–water partition coefficient (Wildman–Crippen LogP) is 2.68. The number of hydrogen-bond acceptors (Lipinski definition) is 3. The van der Waals surface area contributed by atoms with E-state index in [1.165, 1.54) is 6.07 Å². The molecule has 15 heavy (non-hydrogen) atoms. The molecule has 1 heterocycles. The summed E-state index contributed by atoms with van der Waals surface area (Å²) in [5.74, 6) is 0.254. The van der Waals surface area contributed by atoms with Gasteiger partial charge >= 0.3 is 0 Å². The fourth-order valence-corrected chi connectivity index (χ4v) is 1.37. The molecular formula is C11H11FN2O. The highest BCUT2D eigenvalue weighted by Crippen LogP contribution is 2.29. The van der Waals surface area contributed by atoms with Gasteiger partial charge in [-0.2, -0.15) is 0 Å². The van der Waals surface area contributed by atoms with Crippen molar-refractivity contribution in [3.63, 3.8) is 0 Å². The normalized spacial score (nSPS) is 10.6. The average molecular weight is 206 g/mol. The topological polar surface area (TPSA) is 52.0 Å². The maximum atomic E-state index is 13.0. The Morgan fingerprint density at radius 2 is 2.07 bits per heavy atom. The molecule has 1 aromatic carbocycles. The summed E-state index contributed by atoms with van der Waals surface area (Å²) in [6, 6.07) is 4.70. The molecule has 0 aliphatic heterocycles. The fraction of sp³-hybridized carbons (Fsp3) is 0.182. The second-order valence-corrected chi connectivity index (χ2v) is 3.47. The van der Waals surface area contributed by atoms with Gasteiger partial charge in [-0.1, -0.05) is 5.16 Å². The minimum absolute atomic E-state index is 0.242. The van der Waals surface area contributed by atoms with E-state index in [0.29, 0.717) is 22.7 Å². The molecule has 2 aromatic rings. The lowest BCUT2D eigenvalue weighted by Crippen LogP contribution is -1.89. The lowest BCUT2D eigenvalue weighted by atomic mass is 10.1. The van der Waals surface area contributed by atoms with Crippen LogP contribution in [0.4, 0.5) is 10.1 Å². The largest absolute Gasteiger partial charge is 0.394 e. The number of nitrogens with two attached hydrogens (primary N) is 1. The number of nitrogen functional groups attached to an aromatic ring is 1. The van der Waals surface area contributed by atoms with Crippen LogP contribution in [-0.2, 0) is 0 Å². The molecule has 2 rings (SSSR count). The van der Waals surface area contributed by atoms with E-state index in [9.17, 15) is 4.39 Å². The summed E-state index contributed by atoms with van der Waals surface area (Å²) >= 11 is 0. The minimum Gasteiger partial charge on any atom is -0.394 e. The van der Waals surface area contributed by atoms with Crippen molar-refractivity contribution in [3.05, 3.63) is 35.3 Å². The molecule has 3 nitrogen and oxygen atoms in total. The molecule has 0 aliphatic carbocycles. The van der Waals surface area contributed by atoms with Gasteiger partial charge in [0.15, 0.2) is 5.76 Å². The number of benzene rings is 1. The van der Waals surface area contributed by atoms with E-state index in [4.69, 9.17) is 10.3 Å². The number of aryl methyl sites for hydroxylation is 2. The van der Waals surface area contributed by atoms with Crippen molar-refractivity contribution in [1.82, 2.24) is 5.16 Å². The van der Waals surface area contributed by atoms with Crippen LogP contribution < -0.4 is 5.73 Å². The molecule has 0 saturated heterocycles. The first-order chi connectivity index (χ1) is 7.09. The van der Waals surface area contributed by atoms with Gasteiger partial charge in [-0.25, -0.2) is 4.39 Å². The third-order valence-electron chi connectivity index (χ3n) is 2.33. The third kappa shape index (κ3) is 1.58. The van der Waals surface area contributed by atoms with Crippen molar-refractivity contribution in [2.45, 2.75) is 13.8 Å². The first-order valence-electron chi connectivity index (χ1n) is 4.58. The Morgan fingerprint density at radius 1 is 1.33 bits per heavy atom. The highest BCUT2D eigenvalue weighted by molar-refractivity contribution is 5.72. The molecule has 0 fully saturated rings. The van der Waals surface area contributed by atoms with Crippen LogP contribution in [0.5, 0.6) is 0 Å². The molecule has 0 aliphatic rings. The zero-order valence-electron chi connectivity index (χ0n) is 8.54. The van der Waals surface area contributed by atoms with E-state index >= 15 is 0 Å². The Hall–Kier alpha value is -1.84. The van der Waals surface area contributed by atoms with Crippen LogP contribution in [0.1, 0.15) is 11.3 Å². The quantitative estimate of drug-likeness (QED) is 0.780. The summed E-state index contributed by atoms with van der Waals surface area (Å²) in [6.45, 7) is 3.46. The van der Waals surface area contributed by atoms with E-state index in [1.807, 2.05) is 0 Å². The van der Waals surface area contributed by atoms with Gasteiger partial charge in [-0.15, -0.1) is 0 Å². The second kappa shape index (κ2) is 3.38. The molecule has 2 N–H and O–H groups in total. The molecule has 0 unspecified atom stereocenters. The Bertz CT molecular complexity index is 505. The Kier molecular flexibility index (Phi) is 2.19. The maximum absolute atomic E-state index is 13.0. The molecule has 0 spiro atoms. The number of anilines is 1. The minimum atomic E-state index is -0.242. The molecule has 78 valence electrons. The summed E-state index contributed by atoms with van der Waals surface area (Å²) in [7, 11) is 0. The van der Waals surface area contributed by atoms with Crippen molar-refractivity contribution in [3.8, 4) is 11.3 Å². The number of hydrogen-bond donors (Lipinski definition) is 1. The average Bonchev–Trinajstić information content (AvgIpc) is 2.53. The number of rotatable bonds is 1. The molecule has 0 radical (unpaired) electrons. The van der Waals surface area contributed by atoms with Gasteiger partial charge in [-0.05, 0) is 37.6 Å². The molecule has 1 aromatic heterocycles. The van der Waals surface area contributed by atoms with Crippen LogP contribution in [0.25, 0.3) is 11.3 Å². The van der Waals surface area contributed by atoms with E-state index < -0.39 is 0 Å². The lowest BCUT2D eigenvalue weighted by molar-refractivity contribution is 0.427. The van der Waals surface area contributed by atoms with Crippen LogP contribution in [-0.4, -0.2) is 5.16 Å². The van der Waals surface area contributed by atoms with E-state index in [0.717, 1.165) is 5.56 Å². The third-order valence-corrected chi connectivity index (χ3v) is 2.33. The summed E-state index contributed by atoms with van der Waals surface area (Å²) in [6.07, 6.45) is 0. The number of halogens is 1. The zero-order chi connectivity index (χ0) is 11.0. The second-order valence-electron chi connectivity index (χ2n) is 3.47. The lowest BCUT2D eigenvalue weighted by Gasteiger charge is -2.00. The molecule has 4 heteroatoms. The van der Waals surface area contributed by atoms with E-state index in [1.54, 1.807) is 26.0 Å². The van der Waals surface area contributed by atoms with Crippen LogP contribution in [0, 0.1) is 19.7 Å². The van der Waals surface area contributed by atoms with Crippen LogP contribution in [0.15, 0.2) is 22.7 Å². The summed E-state index contributed by atoms with van der Waals surface area (Å²) in [4.78, 5) is 0. The number of nitrogens with zero attached hydrogens (tertiary/aromatic N) is 1. The molecular weight excluding hydrogens is 195 g/mol. The molecule has 0 saturated carbocycles. The van der Waals surface area contributed by atoms with Crippen LogP contribution >= 0.6 is 0 Å². The van der Waals surface area contributed by atoms with E-state index in [-0.39, 0.29) is 5.82 Å². The van der Waals surface area contributed by atoms with Crippen molar-refractivity contribution < 1.29 is 8.91 Å².